The Labute approximate surface area is 96.4 Å². The van der Waals surface area contributed by atoms with Gasteiger partial charge in [0.05, 0.1) is 12.2 Å². The summed E-state index contributed by atoms with van der Waals surface area (Å²) in [7, 11) is 1.64. The van der Waals surface area contributed by atoms with Gasteiger partial charge in [-0.05, 0) is 38.5 Å². The van der Waals surface area contributed by atoms with Crippen molar-refractivity contribution in [2.75, 3.05) is 7.11 Å². The highest BCUT2D eigenvalue weighted by Crippen LogP contribution is 2.13. The third-order valence-electron chi connectivity index (χ3n) is 1.90. The predicted octanol–water partition coefficient (Wildman–Crippen LogP) is 2.79. The zero-order valence-electron chi connectivity index (χ0n) is 10.2. The monoisotopic (exact) mass is 222 g/mol. The fourth-order valence-electron chi connectivity index (χ4n) is 1.24. The normalized spacial score (nSPS) is 11.2. The molecule has 3 nitrogen and oxygen atoms in total. The Morgan fingerprint density at radius 1 is 1.19 bits per heavy atom. The van der Waals surface area contributed by atoms with Crippen molar-refractivity contribution in [1.82, 2.24) is 0 Å². The van der Waals surface area contributed by atoms with Crippen LogP contribution in [0.2, 0.25) is 0 Å². The van der Waals surface area contributed by atoms with Crippen molar-refractivity contribution >= 4 is 5.97 Å². The van der Waals surface area contributed by atoms with Crippen molar-refractivity contribution < 1.29 is 14.3 Å². The van der Waals surface area contributed by atoms with E-state index in [2.05, 4.69) is 0 Å². The highest BCUT2D eigenvalue weighted by Gasteiger charge is 2.17. The predicted molar refractivity (Wildman–Crippen MR) is 62.3 cm³/mol. The molecule has 0 fully saturated rings. The van der Waals surface area contributed by atoms with E-state index in [9.17, 15) is 4.79 Å². The zero-order valence-corrected chi connectivity index (χ0v) is 10.2. The molecule has 1 aromatic rings. The number of rotatable bonds is 3. The molecule has 0 aromatic heterocycles. The number of ether oxygens (including phenoxy) is 2. The Hall–Kier alpha value is -1.35. The lowest BCUT2D eigenvalue weighted by Crippen LogP contribution is -2.23. The molecule has 1 rings (SSSR count). The van der Waals surface area contributed by atoms with E-state index in [1.807, 2.05) is 32.9 Å². The molecule has 0 aliphatic rings. The lowest BCUT2D eigenvalue weighted by Gasteiger charge is -2.19. The number of hydrogen-bond acceptors (Lipinski definition) is 3. The first-order valence-corrected chi connectivity index (χ1v) is 5.23. The first-order valence-electron chi connectivity index (χ1n) is 5.23. The van der Waals surface area contributed by atoms with Gasteiger partial charge >= 0.3 is 5.97 Å². The van der Waals surface area contributed by atoms with Crippen LogP contribution in [0.5, 0.6) is 0 Å². The van der Waals surface area contributed by atoms with Gasteiger partial charge in [-0.25, -0.2) is 4.79 Å². The average Bonchev–Trinajstić information content (AvgIpc) is 2.16. The second-order valence-electron chi connectivity index (χ2n) is 4.63. The molecule has 0 unspecified atom stereocenters. The molecule has 0 N–H and O–H groups in total. The van der Waals surface area contributed by atoms with E-state index in [1.165, 1.54) is 0 Å². The Bertz CT molecular complexity index is 346. The van der Waals surface area contributed by atoms with Gasteiger partial charge in [-0.2, -0.15) is 0 Å². The molecule has 3 heteroatoms. The van der Waals surface area contributed by atoms with E-state index in [0.29, 0.717) is 12.2 Å². The number of esters is 1. The molecular formula is C13H18O3. The smallest absolute Gasteiger partial charge is 0.338 e. The van der Waals surface area contributed by atoms with E-state index < -0.39 is 5.60 Å². The number of benzene rings is 1. The molecule has 16 heavy (non-hydrogen) atoms. The molecule has 0 bridgehead atoms. The van der Waals surface area contributed by atoms with E-state index in [4.69, 9.17) is 9.47 Å². The lowest BCUT2D eigenvalue weighted by atomic mass is 10.1. The van der Waals surface area contributed by atoms with Crippen LogP contribution in [0, 0.1) is 0 Å². The minimum Gasteiger partial charge on any atom is -0.456 e. The van der Waals surface area contributed by atoms with Crippen LogP contribution in [0.25, 0.3) is 0 Å². The summed E-state index contributed by atoms with van der Waals surface area (Å²) < 4.78 is 10.2. The number of carbonyl (C=O) groups is 1. The summed E-state index contributed by atoms with van der Waals surface area (Å²) in [6, 6.07) is 7.23. The van der Waals surface area contributed by atoms with Gasteiger partial charge in [0.2, 0.25) is 0 Å². The quantitative estimate of drug-likeness (QED) is 0.738. The van der Waals surface area contributed by atoms with Gasteiger partial charge in [-0.3, -0.25) is 0 Å². The molecule has 0 spiro atoms. The second kappa shape index (κ2) is 5.12. The van der Waals surface area contributed by atoms with Crippen molar-refractivity contribution in [2.45, 2.75) is 33.0 Å². The molecular weight excluding hydrogens is 204 g/mol. The molecule has 1 aromatic carbocycles. The van der Waals surface area contributed by atoms with Crippen molar-refractivity contribution in [1.29, 1.82) is 0 Å². The van der Waals surface area contributed by atoms with Crippen LogP contribution < -0.4 is 0 Å². The van der Waals surface area contributed by atoms with Gasteiger partial charge in [-0.15, -0.1) is 0 Å². The van der Waals surface area contributed by atoms with Crippen LogP contribution in [-0.4, -0.2) is 18.7 Å². The maximum Gasteiger partial charge on any atom is 0.338 e. The minimum absolute atomic E-state index is 0.295. The van der Waals surface area contributed by atoms with E-state index in [-0.39, 0.29) is 5.97 Å². The van der Waals surface area contributed by atoms with Gasteiger partial charge in [0.15, 0.2) is 0 Å². The van der Waals surface area contributed by atoms with E-state index in [0.717, 1.165) is 5.56 Å². The summed E-state index contributed by atoms with van der Waals surface area (Å²) in [5.74, 6) is -0.295. The van der Waals surface area contributed by atoms with Crippen LogP contribution in [0.4, 0.5) is 0 Å². The highest BCUT2D eigenvalue weighted by molar-refractivity contribution is 5.89. The van der Waals surface area contributed by atoms with Crippen molar-refractivity contribution in [3.8, 4) is 0 Å². The molecule has 0 aliphatic heterocycles. The van der Waals surface area contributed by atoms with Gasteiger partial charge in [0, 0.05) is 7.11 Å². The van der Waals surface area contributed by atoms with Crippen molar-refractivity contribution in [3.05, 3.63) is 35.4 Å². The standard InChI is InChI=1S/C13H18O3/c1-13(2,3)16-12(14)11-7-5-10(6-8-11)9-15-4/h5-8H,9H2,1-4H3. The Kier molecular flexibility index (Phi) is 4.07. The van der Waals surface area contributed by atoms with Gasteiger partial charge in [0.25, 0.3) is 0 Å². The SMILES string of the molecule is COCc1ccc(C(=O)OC(C)(C)C)cc1. The Morgan fingerprint density at radius 2 is 1.75 bits per heavy atom. The summed E-state index contributed by atoms with van der Waals surface area (Å²) in [6.07, 6.45) is 0. The second-order valence-corrected chi connectivity index (χ2v) is 4.63. The number of carbonyl (C=O) groups excluding carboxylic acids is 1. The molecule has 0 heterocycles. The van der Waals surface area contributed by atoms with Crippen molar-refractivity contribution in [2.24, 2.45) is 0 Å². The molecule has 88 valence electrons. The molecule has 0 saturated heterocycles. The molecule has 0 aliphatic carbocycles. The van der Waals surface area contributed by atoms with E-state index >= 15 is 0 Å². The van der Waals surface area contributed by atoms with E-state index in [1.54, 1.807) is 19.2 Å². The van der Waals surface area contributed by atoms with Gasteiger partial charge < -0.3 is 9.47 Å². The molecule has 0 radical (unpaired) electrons. The summed E-state index contributed by atoms with van der Waals surface area (Å²) >= 11 is 0. The fourth-order valence-corrected chi connectivity index (χ4v) is 1.24. The number of methoxy groups -OCH3 is 1. The molecule has 0 atom stereocenters. The fraction of sp³-hybridized carbons (Fsp3) is 0.462. The summed E-state index contributed by atoms with van der Waals surface area (Å²) in [4.78, 5) is 11.7. The summed E-state index contributed by atoms with van der Waals surface area (Å²) in [6.45, 7) is 6.10. The topological polar surface area (TPSA) is 35.5 Å². The maximum absolute atomic E-state index is 11.7. The largest absolute Gasteiger partial charge is 0.456 e. The molecule has 0 amide bonds. The Morgan fingerprint density at radius 3 is 2.19 bits per heavy atom. The van der Waals surface area contributed by atoms with Crippen LogP contribution in [0.15, 0.2) is 24.3 Å². The van der Waals surface area contributed by atoms with Crippen LogP contribution in [0.1, 0.15) is 36.7 Å². The first kappa shape index (κ1) is 12.7. The van der Waals surface area contributed by atoms with Crippen LogP contribution in [0.3, 0.4) is 0 Å². The number of hydrogen-bond donors (Lipinski definition) is 0. The van der Waals surface area contributed by atoms with Gasteiger partial charge in [0.1, 0.15) is 5.60 Å². The third kappa shape index (κ3) is 4.03. The summed E-state index contributed by atoms with van der Waals surface area (Å²) in [5, 5.41) is 0. The summed E-state index contributed by atoms with van der Waals surface area (Å²) in [5.41, 5.74) is 1.15. The molecule has 0 saturated carbocycles. The third-order valence-corrected chi connectivity index (χ3v) is 1.90. The van der Waals surface area contributed by atoms with Crippen LogP contribution in [-0.2, 0) is 16.1 Å². The average molecular weight is 222 g/mol. The van der Waals surface area contributed by atoms with Gasteiger partial charge in [-0.1, -0.05) is 12.1 Å². The van der Waals surface area contributed by atoms with Crippen molar-refractivity contribution in [3.63, 3.8) is 0 Å². The Balaban J connectivity index is 2.70. The minimum atomic E-state index is -0.456. The highest BCUT2D eigenvalue weighted by atomic mass is 16.6. The first-order chi connectivity index (χ1) is 7.42. The maximum atomic E-state index is 11.7. The van der Waals surface area contributed by atoms with Crippen LogP contribution >= 0.6 is 0 Å². The zero-order chi connectivity index (χ0) is 12.2. The lowest BCUT2D eigenvalue weighted by molar-refractivity contribution is 0.00695.